The Balaban J connectivity index is 1.51. The van der Waals surface area contributed by atoms with Crippen molar-refractivity contribution < 1.29 is 40.2 Å². The molecule has 17 heteroatoms. The van der Waals surface area contributed by atoms with Gasteiger partial charge in [-0.2, -0.15) is 31.4 Å². The van der Waals surface area contributed by atoms with Crippen LogP contribution in [-0.4, -0.2) is 48.2 Å². The summed E-state index contributed by atoms with van der Waals surface area (Å²) in [5.41, 5.74) is -5.33. The Bertz CT molecular complexity index is 1700. The number of anilines is 1. The molecule has 224 valence electrons. The van der Waals surface area contributed by atoms with Gasteiger partial charge in [-0.3, -0.25) is 9.59 Å². The Kier molecular flexibility index (Phi) is 8.34. The lowest BCUT2D eigenvalue weighted by atomic mass is 10.1. The van der Waals surface area contributed by atoms with E-state index in [1.54, 1.807) is 5.10 Å². The summed E-state index contributed by atoms with van der Waals surface area (Å²) >= 11 is 0. The third kappa shape index (κ3) is 6.56. The van der Waals surface area contributed by atoms with Gasteiger partial charge in [0.25, 0.3) is 11.1 Å². The van der Waals surface area contributed by atoms with Gasteiger partial charge in [-0.25, -0.2) is 23.8 Å². The maximum atomic E-state index is 14.9. The molecule has 0 amide bonds. The number of halogens is 8. The van der Waals surface area contributed by atoms with Crippen LogP contribution in [0.2, 0.25) is 0 Å². The molecule has 3 N–H and O–H groups in total. The maximum Gasteiger partial charge on any atom is 0.423 e. The molecule has 0 fully saturated rings. The molecular formula is C25H20F8N6O3. The van der Waals surface area contributed by atoms with E-state index in [0.29, 0.717) is 12.4 Å². The lowest BCUT2D eigenvalue weighted by Crippen LogP contribution is -2.30. The number of H-pyrrole nitrogens is 1. The monoisotopic (exact) mass is 604 g/mol. The Morgan fingerprint density at radius 1 is 1.07 bits per heavy atom. The number of aliphatic hydroxyl groups excluding tert-OH is 1. The second-order valence-corrected chi connectivity index (χ2v) is 9.34. The van der Waals surface area contributed by atoms with Crippen LogP contribution >= 0.6 is 0 Å². The fourth-order valence-corrected chi connectivity index (χ4v) is 4.21. The topological polar surface area (TPSA) is 126 Å². The average Bonchev–Trinajstić information content (AvgIpc) is 2.88. The number of rotatable bonds is 8. The van der Waals surface area contributed by atoms with E-state index in [0.717, 1.165) is 16.8 Å². The van der Waals surface area contributed by atoms with E-state index >= 15 is 0 Å². The summed E-state index contributed by atoms with van der Waals surface area (Å²) in [5, 5.41) is 16.7. The number of hydrogen-bond acceptors (Lipinski definition) is 7. The molecule has 0 saturated heterocycles. The number of fused-ring (bicyclic) bond motifs is 1. The van der Waals surface area contributed by atoms with Crippen molar-refractivity contribution in [3.05, 3.63) is 80.6 Å². The summed E-state index contributed by atoms with van der Waals surface area (Å²) in [5.74, 6) is -1.31. The Morgan fingerprint density at radius 2 is 1.74 bits per heavy atom. The zero-order valence-electron chi connectivity index (χ0n) is 21.3. The van der Waals surface area contributed by atoms with Gasteiger partial charge in [-0.15, -0.1) is 0 Å². The first kappa shape index (κ1) is 30.5. The molecule has 1 aromatic carbocycles. The van der Waals surface area contributed by atoms with Gasteiger partial charge >= 0.3 is 12.4 Å². The molecule has 9 nitrogen and oxygen atoms in total. The quantitative estimate of drug-likeness (QED) is 0.253. The van der Waals surface area contributed by atoms with E-state index in [4.69, 9.17) is 0 Å². The molecule has 3 heterocycles. The number of aromatic nitrogens is 5. The smallest absolute Gasteiger partial charge is 0.381 e. The van der Waals surface area contributed by atoms with Gasteiger partial charge in [-0.1, -0.05) is 0 Å². The highest BCUT2D eigenvalue weighted by atomic mass is 19.4. The van der Waals surface area contributed by atoms with Crippen LogP contribution in [0.4, 0.5) is 40.8 Å². The Hall–Kier alpha value is -4.41. The summed E-state index contributed by atoms with van der Waals surface area (Å²) in [6.45, 7) is 0.836. The third-order valence-corrected chi connectivity index (χ3v) is 6.15. The van der Waals surface area contributed by atoms with Crippen LogP contribution < -0.4 is 16.4 Å². The lowest BCUT2D eigenvalue weighted by molar-refractivity contribution is -0.206. The van der Waals surface area contributed by atoms with E-state index in [2.05, 4.69) is 20.4 Å². The number of hydrogen-bond donors (Lipinski definition) is 3. The van der Waals surface area contributed by atoms with E-state index in [9.17, 15) is 49.8 Å². The van der Waals surface area contributed by atoms with Crippen LogP contribution in [0.5, 0.6) is 0 Å². The average molecular weight is 604 g/mol. The van der Waals surface area contributed by atoms with Gasteiger partial charge in [0.05, 0.1) is 29.4 Å². The molecule has 3 aromatic heterocycles. The van der Waals surface area contributed by atoms with E-state index in [-0.39, 0.29) is 28.6 Å². The number of nitrogens with zero attached hydrogens (tertiary/aromatic N) is 4. The summed E-state index contributed by atoms with van der Waals surface area (Å²) in [4.78, 5) is 31.9. The molecule has 0 unspecified atom stereocenters. The number of aliphatic hydroxyl groups is 1. The van der Waals surface area contributed by atoms with E-state index in [1.165, 1.54) is 25.3 Å². The number of nitrogens with one attached hydrogen (secondary N) is 2. The third-order valence-electron chi connectivity index (χ3n) is 6.15. The first-order valence-electron chi connectivity index (χ1n) is 12.0. The van der Waals surface area contributed by atoms with Crippen molar-refractivity contribution in [2.75, 3.05) is 5.32 Å². The van der Waals surface area contributed by atoms with Crippen molar-refractivity contribution in [2.45, 2.75) is 50.6 Å². The van der Waals surface area contributed by atoms with Crippen LogP contribution in [0, 0.1) is 5.82 Å². The molecule has 4 rings (SSSR count). The number of aromatic amines is 1. The molecule has 3 atom stereocenters. The SMILES string of the molecule is C[C@H](C[C@@H](F)Cn1ccc2cc(-c3ncc([C@H](O)C(F)(F)F)cn3)c(F)cc2c1=O)Nc1cn[nH]c(=O)c1C(F)(F)F. The van der Waals surface area contributed by atoms with Crippen molar-refractivity contribution in [1.29, 1.82) is 0 Å². The minimum Gasteiger partial charge on any atom is -0.381 e. The first-order valence-corrected chi connectivity index (χ1v) is 12.0. The fraction of sp³-hybridized carbons (Fsp3) is 0.320. The molecule has 0 saturated carbocycles. The second kappa shape index (κ2) is 11.5. The summed E-state index contributed by atoms with van der Waals surface area (Å²) in [7, 11) is 0. The van der Waals surface area contributed by atoms with Crippen molar-refractivity contribution >= 4 is 16.5 Å². The molecule has 0 aliphatic rings. The van der Waals surface area contributed by atoms with Gasteiger partial charge in [0.15, 0.2) is 11.9 Å². The molecule has 0 aliphatic carbocycles. The van der Waals surface area contributed by atoms with Gasteiger partial charge in [0, 0.05) is 36.6 Å². The highest BCUT2D eigenvalue weighted by Crippen LogP contribution is 2.33. The maximum absolute atomic E-state index is 14.9. The lowest BCUT2D eigenvalue weighted by Gasteiger charge is -2.20. The Morgan fingerprint density at radius 3 is 2.36 bits per heavy atom. The van der Waals surface area contributed by atoms with Crippen LogP contribution in [0.15, 0.2) is 52.6 Å². The molecule has 0 spiro atoms. The van der Waals surface area contributed by atoms with Crippen molar-refractivity contribution in [2.24, 2.45) is 0 Å². The number of alkyl halides is 7. The first-order chi connectivity index (χ1) is 19.6. The Labute approximate surface area is 229 Å². The molecule has 4 aromatic rings. The van der Waals surface area contributed by atoms with Gasteiger partial charge in [0.1, 0.15) is 17.6 Å². The highest BCUT2D eigenvalue weighted by Gasteiger charge is 2.40. The molecule has 0 radical (unpaired) electrons. The zero-order valence-corrected chi connectivity index (χ0v) is 21.3. The van der Waals surface area contributed by atoms with Crippen LogP contribution in [-0.2, 0) is 12.7 Å². The second-order valence-electron chi connectivity index (χ2n) is 9.34. The standard InChI is InChI=1S/C25H20F8N6O3/c1-11(37-18-9-36-38-22(41)19(18)24(28,29)30)4-14(26)10-39-3-2-12-5-16(17(27)6-15(12)23(39)42)21-34-7-13(8-35-21)20(40)25(31,32)33/h2-3,5-9,11,14,20,40H,4,10H2,1H3,(H2,37,38,41)/t11-,14-,20+/m1/s1. The number of pyridine rings is 1. The van der Waals surface area contributed by atoms with Crippen LogP contribution in [0.1, 0.15) is 30.6 Å². The molecular weight excluding hydrogens is 584 g/mol. The summed E-state index contributed by atoms with van der Waals surface area (Å²) < 4.78 is 108. The molecule has 0 bridgehead atoms. The zero-order chi connectivity index (χ0) is 31.0. The van der Waals surface area contributed by atoms with Crippen molar-refractivity contribution in [3.63, 3.8) is 0 Å². The van der Waals surface area contributed by atoms with Gasteiger partial charge in [-0.05, 0) is 30.5 Å². The van der Waals surface area contributed by atoms with Gasteiger partial charge < -0.3 is 15.0 Å². The minimum absolute atomic E-state index is 0.161. The fourth-order valence-electron chi connectivity index (χ4n) is 4.21. The van der Waals surface area contributed by atoms with Crippen molar-refractivity contribution in [1.82, 2.24) is 24.7 Å². The molecule has 42 heavy (non-hydrogen) atoms. The normalized spacial score (nSPS) is 14.5. The van der Waals surface area contributed by atoms with Crippen LogP contribution in [0.25, 0.3) is 22.2 Å². The highest BCUT2D eigenvalue weighted by molar-refractivity contribution is 5.86. The minimum atomic E-state index is -4.99. The predicted molar refractivity (Wildman–Crippen MR) is 133 cm³/mol. The molecule has 0 aliphatic heterocycles. The van der Waals surface area contributed by atoms with E-state index in [1.807, 2.05) is 0 Å². The summed E-state index contributed by atoms with van der Waals surface area (Å²) in [6.07, 6.45) is -11.6. The van der Waals surface area contributed by atoms with Crippen molar-refractivity contribution in [3.8, 4) is 11.4 Å². The predicted octanol–water partition coefficient (Wildman–Crippen LogP) is 4.52. The van der Waals surface area contributed by atoms with Crippen LogP contribution in [0.3, 0.4) is 0 Å². The number of benzene rings is 1. The summed E-state index contributed by atoms with van der Waals surface area (Å²) in [6, 6.07) is 2.44. The van der Waals surface area contributed by atoms with Gasteiger partial charge in [0.2, 0.25) is 0 Å². The largest absolute Gasteiger partial charge is 0.423 e. The van der Waals surface area contributed by atoms with E-state index < -0.39 is 71.0 Å².